The Morgan fingerprint density at radius 3 is 2.69 bits per heavy atom. The van der Waals surface area contributed by atoms with Gasteiger partial charge in [0.25, 0.3) is 0 Å². The van der Waals surface area contributed by atoms with E-state index in [-0.39, 0.29) is 34.6 Å². The van der Waals surface area contributed by atoms with E-state index in [0.717, 1.165) is 18.4 Å². The lowest BCUT2D eigenvalue weighted by molar-refractivity contribution is -0.224. The topological polar surface area (TPSA) is 86.0 Å². The summed E-state index contributed by atoms with van der Waals surface area (Å²) in [5.74, 6) is -1.12. The van der Waals surface area contributed by atoms with Gasteiger partial charge in [-0.1, -0.05) is 35.4 Å². The van der Waals surface area contributed by atoms with Gasteiger partial charge in [-0.3, -0.25) is 4.79 Å². The van der Waals surface area contributed by atoms with Crippen molar-refractivity contribution < 1.29 is 28.6 Å². The Morgan fingerprint density at radius 2 is 2.00 bits per heavy atom. The van der Waals surface area contributed by atoms with Crippen LogP contribution < -0.4 is 0 Å². The van der Waals surface area contributed by atoms with Gasteiger partial charge in [0.1, 0.15) is 12.2 Å². The molecule has 2 saturated heterocycles. The number of cyclic esters (lactones) is 1. The predicted octanol–water partition coefficient (Wildman–Crippen LogP) is 3.75. The summed E-state index contributed by atoms with van der Waals surface area (Å²) in [6.07, 6.45) is 6.97. The van der Waals surface area contributed by atoms with Gasteiger partial charge < -0.3 is 19.0 Å². The molecule has 0 aromatic carbocycles. The second-order valence-electron chi connectivity index (χ2n) is 9.30. The Morgan fingerprint density at radius 1 is 1.21 bits per heavy atom. The second kappa shape index (κ2) is 6.44. The highest BCUT2D eigenvalue weighted by molar-refractivity contribution is 8.76. The number of carbonyl (C=O) groups excluding carboxylic acids is 2. The standard InChI is InChI=1S/C21H26O6S2/c1-19-9-13(11-6-7-25-10-11)26-17(22)12(19)8-15-20(2)14(19)4-5-16(29-28-3)21(20,24)18(23)27-15/h6-7,10,12-16,24H,4-5,8-9H2,1-3H3/t12-,13-,14-,15+,16-,19+,20-,21-/m1/s1. The van der Waals surface area contributed by atoms with Crippen molar-refractivity contribution in [1.29, 1.82) is 0 Å². The molecule has 4 fully saturated rings. The molecule has 1 aromatic heterocycles. The van der Waals surface area contributed by atoms with Crippen molar-refractivity contribution in [2.75, 3.05) is 6.26 Å². The molecule has 0 radical (unpaired) electrons. The van der Waals surface area contributed by atoms with Gasteiger partial charge >= 0.3 is 11.9 Å². The van der Waals surface area contributed by atoms with Gasteiger partial charge in [0.2, 0.25) is 0 Å². The molecular weight excluding hydrogens is 412 g/mol. The third-order valence-electron chi connectivity index (χ3n) is 8.30. The number of furan rings is 1. The van der Waals surface area contributed by atoms with Gasteiger partial charge in [0.15, 0.2) is 5.60 Å². The van der Waals surface area contributed by atoms with Crippen LogP contribution in [-0.4, -0.2) is 40.3 Å². The van der Waals surface area contributed by atoms with Crippen molar-refractivity contribution in [3.8, 4) is 0 Å². The normalized spacial score (nSPS) is 48.5. The molecule has 0 bridgehead atoms. The number of ether oxygens (including phenoxy) is 2. The molecule has 4 aliphatic rings. The summed E-state index contributed by atoms with van der Waals surface area (Å²) < 4.78 is 16.8. The van der Waals surface area contributed by atoms with Crippen molar-refractivity contribution in [3.63, 3.8) is 0 Å². The minimum absolute atomic E-state index is 0.0174. The molecule has 2 aliphatic carbocycles. The summed E-state index contributed by atoms with van der Waals surface area (Å²) >= 11 is 0. The van der Waals surface area contributed by atoms with E-state index in [9.17, 15) is 14.7 Å². The molecule has 3 heterocycles. The zero-order valence-electron chi connectivity index (χ0n) is 16.8. The fourth-order valence-corrected chi connectivity index (χ4v) is 9.18. The van der Waals surface area contributed by atoms with Gasteiger partial charge in [-0.25, -0.2) is 4.79 Å². The molecule has 0 spiro atoms. The lowest BCUT2D eigenvalue weighted by atomic mass is 9.42. The Balaban J connectivity index is 1.59. The molecule has 29 heavy (non-hydrogen) atoms. The minimum atomic E-state index is -1.53. The van der Waals surface area contributed by atoms with Crippen molar-refractivity contribution in [1.82, 2.24) is 0 Å². The molecular formula is C21H26O6S2. The number of hydrogen-bond acceptors (Lipinski definition) is 8. The van der Waals surface area contributed by atoms with E-state index in [4.69, 9.17) is 13.9 Å². The van der Waals surface area contributed by atoms with Gasteiger partial charge in [-0.05, 0) is 49.3 Å². The number of hydrogen-bond donors (Lipinski definition) is 1. The van der Waals surface area contributed by atoms with E-state index in [1.54, 1.807) is 34.1 Å². The van der Waals surface area contributed by atoms with E-state index in [0.29, 0.717) is 12.8 Å². The summed E-state index contributed by atoms with van der Waals surface area (Å²) in [7, 11) is 3.13. The van der Waals surface area contributed by atoms with Crippen molar-refractivity contribution in [2.45, 2.75) is 62.6 Å². The molecule has 0 unspecified atom stereocenters. The Bertz CT molecular complexity index is 842. The average molecular weight is 439 g/mol. The summed E-state index contributed by atoms with van der Waals surface area (Å²) in [6, 6.07) is 1.83. The molecule has 0 amide bonds. The van der Waals surface area contributed by atoms with Crippen LogP contribution in [0.5, 0.6) is 0 Å². The van der Waals surface area contributed by atoms with Crippen molar-refractivity contribution in [3.05, 3.63) is 24.2 Å². The van der Waals surface area contributed by atoms with Crippen LogP contribution in [0.4, 0.5) is 0 Å². The quantitative estimate of drug-likeness (QED) is 0.564. The van der Waals surface area contributed by atoms with Crippen LogP contribution in [0.3, 0.4) is 0 Å². The number of esters is 2. The fourth-order valence-electron chi connectivity index (χ4n) is 6.83. The molecule has 8 atom stereocenters. The molecule has 2 saturated carbocycles. The minimum Gasteiger partial charge on any atom is -0.472 e. The second-order valence-corrected chi connectivity index (χ2v) is 12.0. The molecule has 158 valence electrons. The highest BCUT2D eigenvalue weighted by Gasteiger charge is 2.78. The highest BCUT2D eigenvalue weighted by Crippen LogP contribution is 2.70. The lowest BCUT2D eigenvalue weighted by Crippen LogP contribution is -2.69. The summed E-state index contributed by atoms with van der Waals surface area (Å²) in [6.45, 7) is 4.15. The number of carbonyl (C=O) groups is 2. The first-order valence-electron chi connectivity index (χ1n) is 10.1. The van der Waals surface area contributed by atoms with Gasteiger partial charge in [0.05, 0.1) is 23.7 Å². The first-order valence-corrected chi connectivity index (χ1v) is 12.7. The van der Waals surface area contributed by atoms with Crippen molar-refractivity contribution >= 4 is 33.5 Å². The van der Waals surface area contributed by atoms with Crippen LogP contribution in [0.2, 0.25) is 0 Å². The van der Waals surface area contributed by atoms with E-state index in [1.807, 2.05) is 19.2 Å². The third-order valence-corrected chi connectivity index (χ3v) is 10.6. The average Bonchev–Trinajstić information content (AvgIpc) is 3.27. The van der Waals surface area contributed by atoms with Crippen LogP contribution in [0.15, 0.2) is 23.0 Å². The van der Waals surface area contributed by atoms with E-state index in [2.05, 4.69) is 6.92 Å². The molecule has 6 nitrogen and oxygen atoms in total. The van der Waals surface area contributed by atoms with Crippen LogP contribution in [0, 0.1) is 22.7 Å². The number of aliphatic hydroxyl groups is 1. The Hall–Kier alpha value is -1.12. The summed E-state index contributed by atoms with van der Waals surface area (Å²) in [5, 5.41) is 11.6. The zero-order valence-corrected chi connectivity index (χ0v) is 18.4. The van der Waals surface area contributed by atoms with Gasteiger partial charge in [0, 0.05) is 11.0 Å². The van der Waals surface area contributed by atoms with E-state index >= 15 is 0 Å². The molecule has 5 rings (SSSR count). The van der Waals surface area contributed by atoms with Crippen LogP contribution in [0.25, 0.3) is 0 Å². The maximum absolute atomic E-state index is 13.1. The largest absolute Gasteiger partial charge is 0.472 e. The molecule has 8 heteroatoms. The van der Waals surface area contributed by atoms with Gasteiger partial charge in [-0.2, -0.15) is 0 Å². The van der Waals surface area contributed by atoms with Gasteiger partial charge in [-0.15, -0.1) is 0 Å². The third kappa shape index (κ3) is 2.36. The summed E-state index contributed by atoms with van der Waals surface area (Å²) in [5.41, 5.74) is -1.79. The maximum atomic E-state index is 13.1. The first kappa shape index (κ1) is 19.8. The van der Waals surface area contributed by atoms with Crippen LogP contribution in [-0.2, 0) is 19.1 Å². The number of rotatable bonds is 3. The first-order chi connectivity index (χ1) is 13.8. The maximum Gasteiger partial charge on any atom is 0.340 e. The molecule has 2 aliphatic heterocycles. The zero-order chi connectivity index (χ0) is 20.6. The van der Waals surface area contributed by atoms with Crippen molar-refractivity contribution in [2.24, 2.45) is 22.7 Å². The Kier molecular flexibility index (Phi) is 4.40. The Labute approximate surface area is 177 Å². The SMILES string of the molecule is CSS[C@@H]1CC[C@@H]2[C@@]3(C)C[C@H](c4ccoc4)OC(=O)[C@H]3C[C@@H]3OC(=O)[C@@]1(O)[C@@]32C. The van der Waals surface area contributed by atoms with E-state index < -0.39 is 23.1 Å². The predicted molar refractivity (Wildman–Crippen MR) is 109 cm³/mol. The smallest absolute Gasteiger partial charge is 0.340 e. The van der Waals surface area contributed by atoms with Crippen LogP contribution in [0.1, 0.15) is 51.2 Å². The lowest BCUT2D eigenvalue weighted by Gasteiger charge is -2.63. The summed E-state index contributed by atoms with van der Waals surface area (Å²) in [4.78, 5) is 26.0. The highest BCUT2D eigenvalue weighted by atomic mass is 33.1. The number of fused-ring (bicyclic) bond motifs is 2. The van der Waals surface area contributed by atoms with Crippen LogP contribution >= 0.6 is 21.6 Å². The fraction of sp³-hybridized carbons (Fsp3) is 0.714. The molecule has 1 aromatic rings. The van der Waals surface area contributed by atoms with E-state index in [1.165, 1.54) is 0 Å². The molecule has 1 N–H and O–H groups in total. The monoisotopic (exact) mass is 438 g/mol.